The van der Waals surface area contributed by atoms with Crippen LogP contribution in [0.1, 0.15) is 11.3 Å². The molecule has 0 spiro atoms. The highest BCUT2D eigenvalue weighted by molar-refractivity contribution is 7.18. The monoisotopic (exact) mass is 231 g/mol. The molecule has 0 fully saturated rings. The summed E-state index contributed by atoms with van der Waals surface area (Å²) in [6.45, 7) is 0. The molecule has 1 N–H and O–H groups in total. The highest BCUT2D eigenvalue weighted by atomic mass is 35.5. The van der Waals surface area contributed by atoms with Crippen LogP contribution in [0.25, 0.3) is 0 Å². The average molecular weight is 232 g/mol. The molecule has 1 aromatic heterocycles. The van der Waals surface area contributed by atoms with Crippen molar-refractivity contribution < 1.29 is 14.7 Å². The molecular weight excluding hydrogens is 226 g/mol. The van der Waals surface area contributed by atoms with Gasteiger partial charge in [-0.15, -0.1) is 11.3 Å². The Hall–Kier alpha value is -1.07. The van der Waals surface area contributed by atoms with E-state index in [0.717, 1.165) is 4.88 Å². The Balaban J connectivity index is 2.12. The van der Waals surface area contributed by atoms with Crippen LogP contribution in [0.2, 0.25) is 4.34 Å². The van der Waals surface area contributed by atoms with Gasteiger partial charge in [0.05, 0.1) is 9.21 Å². The zero-order chi connectivity index (χ0) is 10.1. The summed E-state index contributed by atoms with van der Waals surface area (Å²) in [5, 5.41) is 12.4. The SMILES string of the molecule is O=C(O)C1CC(c2ccc(Cl)s2)=NO1. The van der Waals surface area contributed by atoms with E-state index < -0.39 is 12.1 Å². The molecule has 6 heteroatoms. The van der Waals surface area contributed by atoms with Crippen LogP contribution in [0, 0.1) is 0 Å². The molecule has 14 heavy (non-hydrogen) atoms. The van der Waals surface area contributed by atoms with Crippen LogP contribution >= 0.6 is 22.9 Å². The first-order chi connectivity index (χ1) is 6.66. The van der Waals surface area contributed by atoms with Crippen molar-refractivity contribution in [3.8, 4) is 0 Å². The van der Waals surface area contributed by atoms with Gasteiger partial charge in [0.25, 0.3) is 0 Å². The number of carboxylic acid groups (broad SMARTS) is 1. The van der Waals surface area contributed by atoms with E-state index in [1.54, 1.807) is 12.1 Å². The molecule has 1 unspecified atom stereocenters. The van der Waals surface area contributed by atoms with Crippen LogP contribution in [0.5, 0.6) is 0 Å². The molecule has 1 aliphatic heterocycles. The van der Waals surface area contributed by atoms with Crippen LogP contribution in [0.4, 0.5) is 0 Å². The van der Waals surface area contributed by atoms with Crippen LogP contribution < -0.4 is 0 Å². The minimum Gasteiger partial charge on any atom is -0.478 e. The van der Waals surface area contributed by atoms with Gasteiger partial charge in [0, 0.05) is 6.42 Å². The molecule has 2 heterocycles. The van der Waals surface area contributed by atoms with E-state index >= 15 is 0 Å². The van der Waals surface area contributed by atoms with Crippen LogP contribution in [0.3, 0.4) is 0 Å². The number of halogens is 1. The van der Waals surface area contributed by atoms with Gasteiger partial charge in [-0.05, 0) is 12.1 Å². The second kappa shape index (κ2) is 3.59. The molecule has 0 saturated carbocycles. The Bertz CT molecular complexity index is 401. The summed E-state index contributed by atoms with van der Waals surface area (Å²) in [6.07, 6.45) is -0.558. The molecule has 74 valence electrons. The first kappa shape index (κ1) is 9.48. The number of carbonyl (C=O) groups is 1. The third-order valence-corrected chi connectivity index (χ3v) is 3.08. The Kier molecular flexibility index (Phi) is 2.43. The lowest BCUT2D eigenvalue weighted by atomic mass is 10.1. The Morgan fingerprint density at radius 1 is 1.71 bits per heavy atom. The fraction of sp³-hybridized carbons (Fsp3) is 0.250. The maximum atomic E-state index is 10.6. The van der Waals surface area contributed by atoms with Crippen LogP contribution in [0.15, 0.2) is 17.3 Å². The lowest BCUT2D eigenvalue weighted by Gasteiger charge is -1.98. The third kappa shape index (κ3) is 1.73. The summed E-state index contributed by atoms with van der Waals surface area (Å²) in [6, 6.07) is 3.55. The lowest BCUT2D eigenvalue weighted by Crippen LogP contribution is -2.19. The predicted molar refractivity (Wildman–Crippen MR) is 53.0 cm³/mol. The van der Waals surface area contributed by atoms with Crippen molar-refractivity contribution >= 4 is 34.6 Å². The highest BCUT2D eigenvalue weighted by Crippen LogP contribution is 2.26. The number of aliphatic carboxylic acids is 1. The van der Waals surface area contributed by atoms with Crippen LogP contribution in [-0.2, 0) is 9.63 Å². The first-order valence-corrected chi connectivity index (χ1v) is 5.07. The fourth-order valence-corrected chi connectivity index (χ4v) is 2.16. The number of carboxylic acids is 1. The molecule has 0 radical (unpaired) electrons. The molecule has 4 nitrogen and oxygen atoms in total. The summed E-state index contributed by atoms with van der Waals surface area (Å²) < 4.78 is 0.654. The maximum Gasteiger partial charge on any atom is 0.348 e. The van der Waals surface area contributed by atoms with Gasteiger partial charge in [-0.3, -0.25) is 0 Å². The van der Waals surface area contributed by atoms with E-state index in [0.29, 0.717) is 16.5 Å². The van der Waals surface area contributed by atoms with E-state index in [1.165, 1.54) is 11.3 Å². The van der Waals surface area contributed by atoms with Crippen molar-refractivity contribution in [2.24, 2.45) is 5.16 Å². The smallest absolute Gasteiger partial charge is 0.348 e. The summed E-state index contributed by atoms with van der Waals surface area (Å²) in [5.74, 6) is -0.994. The Morgan fingerprint density at radius 2 is 2.50 bits per heavy atom. The number of nitrogens with zero attached hydrogens (tertiary/aromatic N) is 1. The number of rotatable bonds is 2. The number of hydrogen-bond acceptors (Lipinski definition) is 4. The minimum absolute atomic E-state index is 0.298. The second-order valence-corrected chi connectivity index (χ2v) is 4.49. The van der Waals surface area contributed by atoms with Crippen molar-refractivity contribution in [2.75, 3.05) is 0 Å². The second-order valence-electron chi connectivity index (χ2n) is 2.78. The van der Waals surface area contributed by atoms with Gasteiger partial charge in [0.1, 0.15) is 5.71 Å². The Morgan fingerprint density at radius 3 is 3.00 bits per heavy atom. The van der Waals surface area contributed by atoms with Gasteiger partial charge in [-0.2, -0.15) is 0 Å². The quantitative estimate of drug-likeness (QED) is 0.847. The van der Waals surface area contributed by atoms with E-state index in [4.69, 9.17) is 21.5 Å². The van der Waals surface area contributed by atoms with Gasteiger partial charge in [0.15, 0.2) is 0 Å². The summed E-state index contributed by atoms with van der Waals surface area (Å²) in [7, 11) is 0. The van der Waals surface area contributed by atoms with Crippen molar-refractivity contribution in [2.45, 2.75) is 12.5 Å². The highest BCUT2D eigenvalue weighted by Gasteiger charge is 2.28. The van der Waals surface area contributed by atoms with Gasteiger partial charge in [-0.1, -0.05) is 16.8 Å². The van der Waals surface area contributed by atoms with Gasteiger partial charge < -0.3 is 9.94 Å². The molecule has 0 aliphatic carbocycles. The topological polar surface area (TPSA) is 58.9 Å². The molecule has 0 aromatic carbocycles. The molecular formula is C8H6ClNO3S. The number of thiophene rings is 1. The van der Waals surface area contributed by atoms with E-state index in [2.05, 4.69) is 5.16 Å². The van der Waals surface area contributed by atoms with Crippen molar-refractivity contribution in [3.05, 3.63) is 21.3 Å². The van der Waals surface area contributed by atoms with Crippen LogP contribution in [-0.4, -0.2) is 22.9 Å². The normalized spacial score (nSPS) is 20.4. The lowest BCUT2D eigenvalue weighted by molar-refractivity contribution is -0.148. The van der Waals surface area contributed by atoms with E-state index in [1.807, 2.05) is 0 Å². The number of oxime groups is 1. The third-order valence-electron chi connectivity index (χ3n) is 1.80. The predicted octanol–water partition coefficient (Wildman–Crippen LogP) is 1.98. The molecule has 1 aromatic rings. The Labute approximate surface area is 88.7 Å². The summed E-state index contributed by atoms with van der Waals surface area (Å²) >= 11 is 7.10. The molecule has 1 atom stereocenters. The van der Waals surface area contributed by atoms with E-state index in [9.17, 15) is 4.79 Å². The molecule has 0 amide bonds. The summed E-state index contributed by atoms with van der Waals surface area (Å²) in [4.78, 5) is 16.2. The maximum absolute atomic E-state index is 10.6. The first-order valence-electron chi connectivity index (χ1n) is 3.88. The average Bonchev–Trinajstić information content (AvgIpc) is 2.70. The van der Waals surface area contributed by atoms with E-state index in [-0.39, 0.29) is 0 Å². The zero-order valence-electron chi connectivity index (χ0n) is 6.94. The molecule has 0 bridgehead atoms. The van der Waals surface area contributed by atoms with Crippen molar-refractivity contribution in [3.63, 3.8) is 0 Å². The van der Waals surface area contributed by atoms with Crippen molar-refractivity contribution in [1.29, 1.82) is 0 Å². The molecule has 0 saturated heterocycles. The fourth-order valence-electron chi connectivity index (χ4n) is 1.12. The number of hydrogen-bond donors (Lipinski definition) is 1. The zero-order valence-corrected chi connectivity index (χ0v) is 8.51. The standard InChI is InChI=1S/C8H6ClNO3S/c9-7-2-1-6(14-7)4-3-5(8(11)12)13-10-4/h1-2,5H,3H2,(H,11,12). The molecule has 1 aliphatic rings. The minimum atomic E-state index is -0.994. The van der Waals surface area contributed by atoms with Gasteiger partial charge in [0.2, 0.25) is 6.10 Å². The summed E-state index contributed by atoms with van der Waals surface area (Å²) in [5.41, 5.74) is 0.648. The molecule has 2 rings (SSSR count). The van der Waals surface area contributed by atoms with Crippen molar-refractivity contribution in [1.82, 2.24) is 0 Å². The van der Waals surface area contributed by atoms with Gasteiger partial charge >= 0.3 is 5.97 Å². The van der Waals surface area contributed by atoms with Gasteiger partial charge in [-0.25, -0.2) is 4.79 Å². The largest absolute Gasteiger partial charge is 0.478 e.